The first kappa shape index (κ1) is 15.4. The lowest BCUT2D eigenvalue weighted by Gasteiger charge is -2.37. The van der Waals surface area contributed by atoms with E-state index >= 15 is 0 Å². The fourth-order valence-corrected chi connectivity index (χ4v) is 5.20. The Hall–Kier alpha value is -2.13. The molecule has 1 aliphatic rings. The highest BCUT2D eigenvalue weighted by Crippen LogP contribution is 2.46. The summed E-state index contributed by atoms with van der Waals surface area (Å²) < 4.78 is 8.49. The van der Waals surface area contributed by atoms with E-state index in [1.807, 2.05) is 0 Å². The monoisotopic (exact) mass is 336 g/mol. The van der Waals surface area contributed by atoms with Gasteiger partial charge in [-0.05, 0) is 31.7 Å². The van der Waals surface area contributed by atoms with Crippen molar-refractivity contribution in [3.8, 4) is 0 Å². The topological polar surface area (TPSA) is 26.3 Å². The van der Waals surface area contributed by atoms with E-state index in [1.165, 1.54) is 32.7 Å². The van der Waals surface area contributed by atoms with Gasteiger partial charge in [-0.15, -0.1) is 11.3 Å². The minimum atomic E-state index is -0.510. The standard InChI is InChI=1S/C21H20O2S/c1-2-19(22)23-21(13-6-3-7-14-21)17-11-8-10-16-15-9-4-5-12-18(15)24-20(16)17/h2,4-5,8-12H,1,3,6-7,13-14H2. The molecule has 0 bridgehead atoms. The molecule has 0 aliphatic heterocycles. The Morgan fingerprint density at radius 2 is 1.79 bits per heavy atom. The first-order valence-corrected chi connectivity index (χ1v) is 9.31. The van der Waals surface area contributed by atoms with Crippen LogP contribution in [0.25, 0.3) is 20.2 Å². The number of rotatable bonds is 3. The molecule has 2 nitrogen and oxygen atoms in total. The number of ether oxygens (including phenoxy) is 1. The van der Waals surface area contributed by atoms with Crippen LogP contribution in [0.2, 0.25) is 0 Å². The fraction of sp³-hybridized carbons (Fsp3) is 0.286. The van der Waals surface area contributed by atoms with Crippen molar-refractivity contribution in [2.75, 3.05) is 0 Å². The predicted molar refractivity (Wildman–Crippen MR) is 100 cm³/mol. The van der Waals surface area contributed by atoms with Gasteiger partial charge in [0.2, 0.25) is 0 Å². The highest BCUT2D eigenvalue weighted by molar-refractivity contribution is 7.26. The zero-order valence-electron chi connectivity index (χ0n) is 13.6. The smallest absolute Gasteiger partial charge is 0.331 e. The minimum Gasteiger partial charge on any atom is -0.451 e. The van der Waals surface area contributed by atoms with Crippen LogP contribution in [0.3, 0.4) is 0 Å². The number of esters is 1. The third kappa shape index (κ3) is 2.44. The lowest BCUT2D eigenvalue weighted by atomic mass is 9.79. The van der Waals surface area contributed by atoms with Gasteiger partial charge in [0.05, 0.1) is 0 Å². The SMILES string of the molecule is C=CC(=O)OC1(c2cccc3c2sc2ccccc23)CCCCC1. The van der Waals surface area contributed by atoms with Crippen molar-refractivity contribution >= 4 is 37.5 Å². The maximum atomic E-state index is 12.0. The van der Waals surface area contributed by atoms with Crippen LogP contribution in [0.1, 0.15) is 37.7 Å². The number of hydrogen-bond acceptors (Lipinski definition) is 3. The molecule has 0 unspecified atom stereocenters. The number of carbonyl (C=O) groups excluding carboxylic acids is 1. The summed E-state index contributed by atoms with van der Waals surface area (Å²) in [7, 11) is 0. The molecule has 1 heterocycles. The molecule has 1 aliphatic carbocycles. The molecule has 3 aromatic rings. The summed E-state index contributed by atoms with van der Waals surface area (Å²) in [6, 6.07) is 14.9. The van der Waals surface area contributed by atoms with Crippen molar-refractivity contribution in [1.29, 1.82) is 0 Å². The van der Waals surface area contributed by atoms with Crippen LogP contribution in [0.5, 0.6) is 0 Å². The number of fused-ring (bicyclic) bond motifs is 3. The van der Waals surface area contributed by atoms with E-state index in [0.29, 0.717) is 0 Å². The maximum absolute atomic E-state index is 12.0. The Morgan fingerprint density at radius 1 is 1.04 bits per heavy atom. The normalized spacial score (nSPS) is 17.0. The first-order valence-electron chi connectivity index (χ1n) is 8.50. The fourth-order valence-electron chi connectivity index (χ4n) is 3.89. The number of benzene rings is 2. The summed E-state index contributed by atoms with van der Waals surface area (Å²) in [5, 5.41) is 2.54. The van der Waals surface area contributed by atoms with Gasteiger partial charge in [0.1, 0.15) is 5.60 Å². The van der Waals surface area contributed by atoms with Gasteiger partial charge < -0.3 is 4.74 Å². The van der Waals surface area contributed by atoms with Gasteiger partial charge in [-0.2, -0.15) is 0 Å². The van der Waals surface area contributed by atoms with Crippen LogP contribution >= 0.6 is 11.3 Å². The molecule has 0 N–H and O–H groups in total. The summed E-state index contributed by atoms with van der Waals surface area (Å²) >= 11 is 1.80. The molecule has 3 heteroatoms. The molecule has 2 aromatic carbocycles. The first-order chi connectivity index (χ1) is 11.7. The van der Waals surface area contributed by atoms with Gasteiger partial charge in [0.15, 0.2) is 0 Å². The van der Waals surface area contributed by atoms with Crippen LogP contribution in [0, 0.1) is 0 Å². The zero-order chi connectivity index (χ0) is 16.6. The molecule has 24 heavy (non-hydrogen) atoms. The van der Waals surface area contributed by atoms with E-state index < -0.39 is 5.60 Å². The molecule has 4 rings (SSSR count). The highest BCUT2D eigenvalue weighted by atomic mass is 32.1. The average molecular weight is 336 g/mol. The molecule has 0 spiro atoms. The highest BCUT2D eigenvalue weighted by Gasteiger charge is 2.39. The second kappa shape index (κ2) is 6.06. The van der Waals surface area contributed by atoms with Gasteiger partial charge in [-0.25, -0.2) is 4.79 Å². The van der Waals surface area contributed by atoms with Gasteiger partial charge in [-0.3, -0.25) is 0 Å². The van der Waals surface area contributed by atoms with Crippen LogP contribution < -0.4 is 0 Å². The molecule has 122 valence electrons. The zero-order valence-corrected chi connectivity index (χ0v) is 14.4. The van der Waals surface area contributed by atoms with Crippen molar-refractivity contribution in [3.05, 3.63) is 60.7 Å². The van der Waals surface area contributed by atoms with Crippen LogP contribution in [-0.2, 0) is 15.1 Å². The second-order valence-electron chi connectivity index (χ2n) is 6.46. The third-order valence-electron chi connectivity index (χ3n) is 5.02. The van der Waals surface area contributed by atoms with Crippen LogP contribution in [0.15, 0.2) is 55.1 Å². The van der Waals surface area contributed by atoms with Gasteiger partial charge in [0.25, 0.3) is 0 Å². The molecule has 1 saturated carbocycles. The van der Waals surface area contributed by atoms with Crippen molar-refractivity contribution in [2.45, 2.75) is 37.7 Å². The summed E-state index contributed by atoms with van der Waals surface area (Å²) in [5.74, 6) is -0.324. The maximum Gasteiger partial charge on any atom is 0.331 e. The van der Waals surface area contributed by atoms with E-state index in [4.69, 9.17) is 4.74 Å². The summed E-state index contributed by atoms with van der Waals surface area (Å²) in [6.45, 7) is 3.58. The molecule has 0 radical (unpaired) electrons. The van der Waals surface area contributed by atoms with Crippen molar-refractivity contribution in [1.82, 2.24) is 0 Å². The lowest BCUT2D eigenvalue weighted by molar-refractivity contribution is -0.158. The third-order valence-corrected chi connectivity index (χ3v) is 6.24. The molecular weight excluding hydrogens is 316 g/mol. The average Bonchev–Trinajstić information content (AvgIpc) is 3.01. The van der Waals surface area contributed by atoms with Gasteiger partial charge in [-0.1, -0.05) is 49.4 Å². The van der Waals surface area contributed by atoms with Gasteiger partial charge >= 0.3 is 5.97 Å². The largest absolute Gasteiger partial charge is 0.451 e. The molecule has 0 atom stereocenters. The molecule has 0 saturated heterocycles. The molecule has 1 fully saturated rings. The number of carbonyl (C=O) groups is 1. The van der Waals surface area contributed by atoms with E-state index in [9.17, 15) is 4.79 Å². The molecular formula is C21H20O2S. The van der Waals surface area contributed by atoms with Crippen LogP contribution in [-0.4, -0.2) is 5.97 Å². The molecule has 1 aromatic heterocycles. The van der Waals surface area contributed by atoms with E-state index in [-0.39, 0.29) is 5.97 Å². The lowest BCUT2D eigenvalue weighted by Crippen LogP contribution is -2.34. The Balaban J connectivity index is 1.94. The molecule has 0 amide bonds. The quantitative estimate of drug-likeness (QED) is 0.437. The summed E-state index contributed by atoms with van der Waals surface area (Å²) in [5.41, 5.74) is 0.653. The number of hydrogen-bond donors (Lipinski definition) is 0. The summed E-state index contributed by atoms with van der Waals surface area (Å²) in [6.07, 6.45) is 6.44. The van der Waals surface area contributed by atoms with E-state index in [2.05, 4.69) is 49.0 Å². The Morgan fingerprint density at radius 3 is 2.58 bits per heavy atom. The Bertz CT molecular complexity index is 916. The summed E-state index contributed by atoms with van der Waals surface area (Å²) in [4.78, 5) is 12.0. The number of thiophene rings is 1. The van der Waals surface area contributed by atoms with Crippen molar-refractivity contribution in [3.63, 3.8) is 0 Å². The minimum absolute atomic E-state index is 0.324. The Labute approximate surface area is 145 Å². The van der Waals surface area contributed by atoms with Crippen LogP contribution in [0.4, 0.5) is 0 Å². The van der Waals surface area contributed by atoms with E-state index in [0.717, 1.165) is 31.2 Å². The van der Waals surface area contributed by atoms with E-state index in [1.54, 1.807) is 11.3 Å². The van der Waals surface area contributed by atoms with Crippen molar-refractivity contribution in [2.24, 2.45) is 0 Å². The predicted octanol–water partition coefficient (Wildman–Crippen LogP) is 5.94. The van der Waals surface area contributed by atoms with Gasteiger partial charge in [0, 0.05) is 31.8 Å². The second-order valence-corrected chi connectivity index (χ2v) is 7.51. The van der Waals surface area contributed by atoms with Crippen molar-refractivity contribution < 1.29 is 9.53 Å². The Kier molecular flexibility index (Phi) is 3.89.